The molecule has 4 heteroatoms. The Morgan fingerprint density at radius 1 is 1.33 bits per heavy atom. The molecule has 0 saturated heterocycles. The Bertz CT molecular complexity index is 514. The molecule has 1 atom stereocenters. The standard InChI is InChI=1S/C14H16ClN3/c1-17-13(7-10-5-3-2-4-6-10)12-8-11(15)9-18-14(12)16/h2-6,8-9,13,17H,7H2,1H3,(H2,16,18). The van der Waals surface area contributed by atoms with E-state index in [-0.39, 0.29) is 6.04 Å². The summed E-state index contributed by atoms with van der Waals surface area (Å²) >= 11 is 5.98. The zero-order chi connectivity index (χ0) is 13.0. The molecule has 2 aromatic rings. The first-order valence-electron chi connectivity index (χ1n) is 5.83. The summed E-state index contributed by atoms with van der Waals surface area (Å²) in [5.74, 6) is 0.523. The molecule has 2 rings (SSSR count). The van der Waals surface area contributed by atoms with Crippen LogP contribution >= 0.6 is 11.6 Å². The molecule has 1 aromatic heterocycles. The number of nitrogens with one attached hydrogen (secondary N) is 1. The molecule has 0 bridgehead atoms. The third-order valence-corrected chi connectivity index (χ3v) is 3.13. The lowest BCUT2D eigenvalue weighted by molar-refractivity contribution is 0.592. The third kappa shape index (κ3) is 3.00. The zero-order valence-corrected chi connectivity index (χ0v) is 11.0. The number of aromatic nitrogens is 1. The first kappa shape index (κ1) is 12.9. The highest BCUT2D eigenvalue weighted by Gasteiger charge is 2.14. The van der Waals surface area contributed by atoms with Crippen LogP contribution in [0.3, 0.4) is 0 Å². The van der Waals surface area contributed by atoms with Gasteiger partial charge in [-0.2, -0.15) is 0 Å². The molecule has 1 unspecified atom stereocenters. The van der Waals surface area contributed by atoms with Crippen LogP contribution in [0.25, 0.3) is 0 Å². The molecular weight excluding hydrogens is 246 g/mol. The molecule has 3 N–H and O–H groups in total. The lowest BCUT2D eigenvalue weighted by atomic mass is 9.99. The molecule has 1 aromatic carbocycles. The van der Waals surface area contributed by atoms with Gasteiger partial charge in [0.05, 0.1) is 5.02 Å². The van der Waals surface area contributed by atoms with E-state index in [1.807, 2.05) is 31.3 Å². The zero-order valence-electron chi connectivity index (χ0n) is 10.2. The summed E-state index contributed by atoms with van der Waals surface area (Å²) in [6.07, 6.45) is 2.42. The number of nitrogens with zero attached hydrogens (tertiary/aromatic N) is 1. The summed E-state index contributed by atoms with van der Waals surface area (Å²) in [7, 11) is 1.91. The average molecular weight is 262 g/mol. The molecule has 94 valence electrons. The van der Waals surface area contributed by atoms with E-state index in [9.17, 15) is 0 Å². The van der Waals surface area contributed by atoms with Crippen molar-refractivity contribution >= 4 is 17.4 Å². The second-order valence-corrected chi connectivity index (χ2v) is 4.60. The smallest absolute Gasteiger partial charge is 0.128 e. The highest BCUT2D eigenvalue weighted by Crippen LogP contribution is 2.24. The van der Waals surface area contributed by atoms with Gasteiger partial charge in [-0.05, 0) is 25.1 Å². The maximum absolute atomic E-state index is 5.98. The van der Waals surface area contributed by atoms with Gasteiger partial charge in [0.1, 0.15) is 5.82 Å². The molecule has 0 radical (unpaired) electrons. The van der Waals surface area contributed by atoms with Crippen molar-refractivity contribution in [3.63, 3.8) is 0 Å². The molecule has 18 heavy (non-hydrogen) atoms. The van der Waals surface area contributed by atoms with Gasteiger partial charge in [0.2, 0.25) is 0 Å². The Balaban J connectivity index is 2.26. The lowest BCUT2D eigenvalue weighted by Crippen LogP contribution is -2.20. The topological polar surface area (TPSA) is 50.9 Å². The fourth-order valence-corrected chi connectivity index (χ4v) is 2.13. The number of anilines is 1. The monoisotopic (exact) mass is 261 g/mol. The number of pyridine rings is 1. The maximum atomic E-state index is 5.98. The van der Waals surface area contributed by atoms with Crippen molar-refractivity contribution in [3.8, 4) is 0 Å². The number of nitrogen functional groups attached to an aromatic ring is 1. The number of halogens is 1. The van der Waals surface area contributed by atoms with Crippen LogP contribution in [0.2, 0.25) is 5.02 Å². The van der Waals surface area contributed by atoms with Crippen LogP contribution in [-0.2, 0) is 6.42 Å². The predicted octanol–water partition coefficient (Wildman–Crippen LogP) is 2.82. The van der Waals surface area contributed by atoms with Gasteiger partial charge < -0.3 is 11.1 Å². The molecule has 1 heterocycles. The van der Waals surface area contributed by atoms with E-state index in [1.54, 1.807) is 6.20 Å². The number of benzene rings is 1. The van der Waals surface area contributed by atoms with E-state index in [1.165, 1.54) is 5.56 Å². The number of rotatable bonds is 4. The van der Waals surface area contributed by atoms with Crippen molar-refractivity contribution in [2.45, 2.75) is 12.5 Å². The van der Waals surface area contributed by atoms with Crippen molar-refractivity contribution in [1.29, 1.82) is 0 Å². The van der Waals surface area contributed by atoms with E-state index >= 15 is 0 Å². The molecular formula is C14H16ClN3. The quantitative estimate of drug-likeness (QED) is 0.890. The van der Waals surface area contributed by atoms with Gasteiger partial charge >= 0.3 is 0 Å². The first-order chi connectivity index (χ1) is 8.70. The van der Waals surface area contributed by atoms with Crippen LogP contribution in [0.4, 0.5) is 5.82 Å². The Hall–Kier alpha value is -1.58. The SMILES string of the molecule is CNC(Cc1ccccc1)c1cc(Cl)cnc1N. The maximum Gasteiger partial charge on any atom is 0.128 e. The highest BCUT2D eigenvalue weighted by atomic mass is 35.5. The molecule has 0 fully saturated rings. The van der Waals surface area contributed by atoms with Gasteiger partial charge in [-0.25, -0.2) is 4.98 Å². The summed E-state index contributed by atoms with van der Waals surface area (Å²) in [6.45, 7) is 0. The van der Waals surface area contributed by atoms with E-state index < -0.39 is 0 Å². The summed E-state index contributed by atoms with van der Waals surface area (Å²) in [4.78, 5) is 4.09. The third-order valence-electron chi connectivity index (χ3n) is 2.92. The van der Waals surface area contributed by atoms with E-state index in [4.69, 9.17) is 17.3 Å². The van der Waals surface area contributed by atoms with Gasteiger partial charge in [-0.1, -0.05) is 41.9 Å². The summed E-state index contributed by atoms with van der Waals surface area (Å²) in [5.41, 5.74) is 8.10. The fourth-order valence-electron chi connectivity index (χ4n) is 1.96. The van der Waals surface area contributed by atoms with Crippen molar-refractivity contribution in [2.75, 3.05) is 12.8 Å². The predicted molar refractivity (Wildman–Crippen MR) is 75.6 cm³/mol. The van der Waals surface area contributed by atoms with Crippen LogP contribution in [0.5, 0.6) is 0 Å². The lowest BCUT2D eigenvalue weighted by Gasteiger charge is -2.18. The van der Waals surface area contributed by atoms with Crippen molar-refractivity contribution in [1.82, 2.24) is 10.3 Å². The van der Waals surface area contributed by atoms with Gasteiger partial charge in [0, 0.05) is 17.8 Å². The van der Waals surface area contributed by atoms with Gasteiger partial charge in [-0.3, -0.25) is 0 Å². The minimum absolute atomic E-state index is 0.110. The minimum atomic E-state index is 0.110. The molecule has 3 nitrogen and oxygen atoms in total. The number of hydrogen-bond acceptors (Lipinski definition) is 3. The Morgan fingerprint density at radius 2 is 2.06 bits per heavy atom. The number of hydrogen-bond donors (Lipinski definition) is 2. The fraction of sp³-hybridized carbons (Fsp3) is 0.214. The number of nitrogens with two attached hydrogens (primary N) is 1. The molecule has 0 aliphatic carbocycles. The van der Waals surface area contributed by atoms with Crippen LogP contribution in [0, 0.1) is 0 Å². The van der Waals surface area contributed by atoms with Crippen LogP contribution in [0.15, 0.2) is 42.6 Å². The summed E-state index contributed by atoms with van der Waals surface area (Å²) < 4.78 is 0. The van der Waals surface area contributed by atoms with Gasteiger partial charge in [0.25, 0.3) is 0 Å². The Morgan fingerprint density at radius 3 is 2.72 bits per heavy atom. The second-order valence-electron chi connectivity index (χ2n) is 4.16. The molecule has 0 saturated carbocycles. The van der Waals surface area contributed by atoms with Crippen molar-refractivity contribution in [2.24, 2.45) is 0 Å². The van der Waals surface area contributed by atoms with Gasteiger partial charge in [0.15, 0.2) is 0 Å². The Kier molecular flexibility index (Phi) is 4.18. The molecule has 0 amide bonds. The average Bonchev–Trinajstić information content (AvgIpc) is 2.40. The van der Waals surface area contributed by atoms with Gasteiger partial charge in [-0.15, -0.1) is 0 Å². The van der Waals surface area contributed by atoms with Crippen molar-refractivity contribution < 1.29 is 0 Å². The summed E-state index contributed by atoms with van der Waals surface area (Å²) in [5, 5.41) is 3.86. The normalized spacial score (nSPS) is 12.3. The second kappa shape index (κ2) is 5.85. The van der Waals surface area contributed by atoms with E-state index in [0.29, 0.717) is 10.8 Å². The first-order valence-corrected chi connectivity index (χ1v) is 6.20. The highest BCUT2D eigenvalue weighted by molar-refractivity contribution is 6.30. The van der Waals surface area contributed by atoms with Crippen LogP contribution < -0.4 is 11.1 Å². The van der Waals surface area contributed by atoms with E-state index in [2.05, 4.69) is 22.4 Å². The molecule has 0 aliphatic rings. The largest absolute Gasteiger partial charge is 0.383 e. The van der Waals surface area contributed by atoms with Crippen molar-refractivity contribution in [3.05, 3.63) is 58.7 Å². The number of likely N-dealkylation sites (N-methyl/N-ethyl adjacent to an activating group) is 1. The minimum Gasteiger partial charge on any atom is -0.383 e. The van der Waals surface area contributed by atoms with E-state index in [0.717, 1.165) is 12.0 Å². The summed E-state index contributed by atoms with van der Waals surface area (Å²) in [6, 6.07) is 12.2. The molecule has 0 spiro atoms. The Labute approximate surface area is 112 Å². The molecule has 0 aliphatic heterocycles. The van der Waals surface area contributed by atoms with Crippen LogP contribution in [0.1, 0.15) is 17.2 Å². The van der Waals surface area contributed by atoms with Crippen LogP contribution in [-0.4, -0.2) is 12.0 Å².